The van der Waals surface area contributed by atoms with Gasteiger partial charge in [-0.2, -0.15) is 0 Å². The number of aromatic nitrogens is 4. The number of benzene rings is 3. The normalized spacial score (nSPS) is 11.3. The van der Waals surface area contributed by atoms with Crippen molar-refractivity contribution in [2.24, 2.45) is 0 Å². The maximum atomic E-state index is 13.1. The molecule has 6 aromatic rings. The summed E-state index contributed by atoms with van der Waals surface area (Å²) in [6.45, 7) is 0. The van der Waals surface area contributed by atoms with Crippen LogP contribution in [0.5, 0.6) is 0 Å². The molecule has 11 heteroatoms. The lowest BCUT2D eigenvalue weighted by Gasteiger charge is -2.10. The maximum absolute atomic E-state index is 13.1. The molecular weight excluding hydrogens is 538 g/mol. The maximum Gasteiger partial charge on any atom is 0.269 e. The highest BCUT2D eigenvalue weighted by Gasteiger charge is 2.19. The Balaban J connectivity index is 1.18. The van der Waals surface area contributed by atoms with E-state index in [-0.39, 0.29) is 10.8 Å². The van der Waals surface area contributed by atoms with Gasteiger partial charge in [0.15, 0.2) is 5.65 Å². The number of nitrogens with one attached hydrogen (secondary N) is 2. The minimum Gasteiger partial charge on any atom is -0.399 e. The van der Waals surface area contributed by atoms with Crippen molar-refractivity contribution in [3.05, 3.63) is 121 Å². The summed E-state index contributed by atoms with van der Waals surface area (Å²) in [6.07, 6.45) is 4.52. The second-order valence-corrected chi connectivity index (χ2v) is 10.9. The molecule has 3 aromatic heterocycles. The highest BCUT2D eigenvalue weighted by atomic mass is 32.2. The highest BCUT2D eigenvalue weighted by molar-refractivity contribution is 7.90. The molecule has 0 unspecified atom stereocenters. The number of hydrogen-bond acceptors (Lipinski definition) is 8. The van der Waals surface area contributed by atoms with Crippen molar-refractivity contribution in [1.29, 1.82) is 0 Å². The third-order valence-corrected chi connectivity index (χ3v) is 8.02. The largest absolute Gasteiger partial charge is 0.399 e. The Morgan fingerprint density at radius 3 is 2.29 bits per heavy atom. The van der Waals surface area contributed by atoms with E-state index < -0.39 is 10.0 Å². The number of rotatable bonds is 7. The van der Waals surface area contributed by atoms with E-state index in [0.29, 0.717) is 45.0 Å². The first-order valence-electron chi connectivity index (χ1n) is 12.5. The number of hydrogen-bond donors (Lipinski definition) is 3. The lowest BCUT2D eigenvalue weighted by Crippen LogP contribution is -2.12. The topological polar surface area (TPSA) is 145 Å². The summed E-state index contributed by atoms with van der Waals surface area (Å²) < 4.78 is 27.4. The van der Waals surface area contributed by atoms with Crippen LogP contribution in [0.1, 0.15) is 10.4 Å². The molecule has 4 N–H and O–H groups in total. The minimum atomic E-state index is -3.78. The van der Waals surface area contributed by atoms with Crippen LogP contribution < -0.4 is 16.4 Å². The molecule has 6 rings (SSSR count). The summed E-state index contributed by atoms with van der Waals surface area (Å²) in [5.41, 5.74) is 9.84. The van der Waals surface area contributed by atoms with Crippen LogP contribution in [0.15, 0.2) is 121 Å². The van der Waals surface area contributed by atoms with Crippen LogP contribution in [-0.2, 0) is 10.0 Å². The Morgan fingerprint density at radius 2 is 1.54 bits per heavy atom. The van der Waals surface area contributed by atoms with Crippen LogP contribution in [0.2, 0.25) is 0 Å². The monoisotopic (exact) mass is 561 g/mol. The molecule has 1 amide bonds. The molecule has 0 fully saturated rings. The number of fused-ring (bicyclic) bond motifs is 1. The van der Waals surface area contributed by atoms with Crippen molar-refractivity contribution in [3.63, 3.8) is 0 Å². The number of nitrogens with two attached hydrogens (primary N) is 1. The zero-order valence-electron chi connectivity index (χ0n) is 21.5. The minimum absolute atomic E-state index is 0.187. The number of pyridine rings is 1. The second-order valence-electron chi connectivity index (χ2n) is 9.13. The SMILES string of the molecule is Nc1ccc(C(=O)Nc2ccc(Nc3cc(-c4cnc5c(ccn5S(=O)(=O)c5ccccc5)c4)ncn3)cc2)cc1. The van der Waals surface area contributed by atoms with Gasteiger partial charge in [0.05, 0.1) is 10.6 Å². The van der Waals surface area contributed by atoms with E-state index >= 15 is 0 Å². The van der Waals surface area contributed by atoms with Crippen molar-refractivity contribution in [3.8, 4) is 11.3 Å². The molecule has 0 spiro atoms. The predicted molar refractivity (Wildman–Crippen MR) is 158 cm³/mol. The molecule has 0 aliphatic rings. The molecule has 3 aromatic carbocycles. The van der Waals surface area contributed by atoms with Crippen molar-refractivity contribution >= 4 is 49.8 Å². The zero-order valence-corrected chi connectivity index (χ0v) is 22.3. The van der Waals surface area contributed by atoms with Crippen molar-refractivity contribution in [1.82, 2.24) is 18.9 Å². The van der Waals surface area contributed by atoms with Gasteiger partial charge in [-0.25, -0.2) is 27.3 Å². The average Bonchev–Trinajstić information content (AvgIpc) is 3.43. The summed E-state index contributed by atoms with van der Waals surface area (Å²) in [6, 6.07) is 27.5. The Hall–Kier alpha value is -5.55. The van der Waals surface area contributed by atoms with E-state index in [0.717, 1.165) is 5.69 Å². The molecule has 0 aliphatic carbocycles. The third kappa shape index (κ3) is 5.34. The van der Waals surface area contributed by atoms with Gasteiger partial charge in [-0.1, -0.05) is 18.2 Å². The number of carbonyl (C=O) groups is 1. The standard InChI is InChI=1S/C30H23N7O3S/c31-23-8-6-20(7-9-23)30(38)36-25-12-10-24(11-13-25)35-28-17-27(33-19-34-28)22-16-21-14-15-37(29(21)32-18-22)41(39,40)26-4-2-1-3-5-26/h1-19H,31H2,(H,36,38)(H,33,34,35). The Morgan fingerprint density at radius 1 is 0.805 bits per heavy atom. The Bertz CT molecular complexity index is 1970. The molecule has 0 atom stereocenters. The summed E-state index contributed by atoms with van der Waals surface area (Å²) >= 11 is 0. The predicted octanol–water partition coefficient (Wildman–Crippen LogP) is 5.31. The molecule has 41 heavy (non-hydrogen) atoms. The lowest BCUT2D eigenvalue weighted by atomic mass is 10.1. The van der Waals surface area contributed by atoms with Crippen LogP contribution in [-0.4, -0.2) is 33.2 Å². The lowest BCUT2D eigenvalue weighted by molar-refractivity contribution is 0.102. The van der Waals surface area contributed by atoms with Gasteiger partial charge in [0.25, 0.3) is 15.9 Å². The van der Waals surface area contributed by atoms with Crippen LogP contribution in [0.25, 0.3) is 22.3 Å². The third-order valence-electron chi connectivity index (χ3n) is 6.34. The number of carbonyl (C=O) groups excluding carboxylic acids is 1. The fourth-order valence-corrected chi connectivity index (χ4v) is 5.58. The fraction of sp³-hybridized carbons (Fsp3) is 0. The van der Waals surface area contributed by atoms with E-state index in [1.165, 1.54) is 16.5 Å². The first kappa shape index (κ1) is 25.7. The zero-order chi connectivity index (χ0) is 28.4. The Labute approximate surface area is 235 Å². The molecule has 202 valence electrons. The summed E-state index contributed by atoms with van der Waals surface area (Å²) in [4.78, 5) is 25.8. The van der Waals surface area contributed by atoms with Crippen LogP contribution >= 0.6 is 0 Å². The summed E-state index contributed by atoms with van der Waals surface area (Å²) in [5, 5.41) is 6.74. The molecule has 10 nitrogen and oxygen atoms in total. The smallest absolute Gasteiger partial charge is 0.269 e. The first-order valence-corrected chi connectivity index (χ1v) is 13.9. The molecule has 0 bridgehead atoms. The van der Waals surface area contributed by atoms with Gasteiger partial charge in [-0.3, -0.25) is 4.79 Å². The van der Waals surface area contributed by atoms with Crippen molar-refractivity contribution < 1.29 is 13.2 Å². The second kappa shape index (κ2) is 10.5. The van der Waals surface area contributed by atoms with Gasteiger partial charge < -0.3 is 16.4 Å². The molecule has 0 radical (unpaired) electrons. The van der Waals surface area contributed by atoms with Crippen molar-refractivity contribution in [2.45, 2.75) is 4.90 Å². The van der Waals surface area contributed by atoms with Crippen LogP contribution in [0.4, 0.5) is 22.9 Å². The van der Waals surface area contributed by atoms with E-state index in [1.54, 1.807) is 85.1 Å². The van der Waals surface area contributed by atoms with Crippen LogP contribution in [0.3, 0.4) is 0 Å². The van der Waals surface area contributed by atoms with E-state index in [1.807, 2.05) is 18.2 Å². The first-order chi connectivity index (χ1) is 19.9. The van der Waals surface area contributed by atoms with Gasteiger partial charge in [0.1, 0.15) is 12.1 Å². The molecule has 3 heterocycles. The van der Waals surface area contributed by atoms with Gasteiger partial charge in [0.2, 0.25) is 0 Å². The molecular formula is C30H23N7O3S. The van der Waals surface area contributed by atoms with Gasteiger partial charge in [-0.15, -0.1) is 0 Å². The quantitative estimate of drug-likeness (QED) is 0.222. The summed E-state index contributed by atoms with van der Waals surface area (Å²) in [7, 11) is -3.78. The molecule has 0 saturated carbocycles. The van der Waals surface area contributed by atoms with Crippen molar-refractivity contribution in [2.75, 3.05) is 16.4 Å². The number of amides is 1. The molecule has 0 saturated heterocycles. The van der Waals surface area contributed by atoms with E-state index in [2.05, 4.69) is 25.6 Å². The van der Waals surface area contributed by atoms with E-state index in [4.69, 9.17) is 5.73 Å². The fourth-order valence-electron chi connectivity index (χ4n) is 4.25. The van der Waals surface area contributed by atoms with Crippen LogP contribution in [0, 0.1) is 0 Å². The van der Waals surface area contributed by atoms with Gasteiger partial charge in [0, 0.05) is 52.0 Å². The van der Waals surface area contributed by atoms with Gasteiger partial charge in [-0.05, 0) is 72.8 Å². The summed E-state index contributed by atoms with van der Waals surface area (Å²) in [5.74, 6) is 0.322. The van der Waals surface area contributed by atoms with Gasteiger partial charge >= 0.3 is 0 Å². The molecule has 0 aliphatic heterocycles. The average molecular weight is 562 g/mol. The number of anilines is 4. The number of nitrogen functional groups attached to an aromatic ring is 1. The highest BCUT2D eigenvalue weighted by Crippen LogP contribution is 2.27. The Kier molecular flexibility index (Phi) is 6.62. The number of nitrogens with zero attached hydrogens (tertiary/aromatic N) is 4. The van der Waals surface area contributed by atoms with E-state index in [9.17, 15) is 13.2 Å².